The number of fused-ring (bicyclic) bond motifs is 1. The zero-order chi connectivity index (χ0) is 16.5. The third-order valence-electron chi connectivity index (χ3n) is 4.46. The number of carbonyl (C=O) groups excluding carboxylic acids is 1. The van der Waals surface area contributed by atoms with Crippen LogP contribution in [0.15, 0.2) is 53.5 Å². The van der Waals surface area contributed by atoms with E-state index in [0.29, 0.717) is 16.8 Å². The van der Waals surface area contributed by atoms with Crippen molar-refractivity contribution in [2.45, 2.75) is 19.4 Å². The van der Waals surface area contributed by atoms with Crippen LogP contribution in [0.3, 0.4) is 0 Å². The Hall–Kier alpha value is -2.40. The third-order valence-corrected chi connectivity index (χ3v) is 5.55. The summed E-state index contributed by atoms with van der Waals surface area (Å²) in [4.78, 5) is 27.8. The van der Waals surface area contributed by atoms with Crippen LogP contribution in [-0.4, -0.2) is 28.5 Å². The van der Waals surface area contributed by atoms with Crippen LogP contribution in [0.2, 0.25) is 0 Å². The molecule has 5 heteroatoms. The van der Waals surface area contributed by atoms with Gasteiger partial charge < -0.3 is 9.47 Å². The fraction of sp³-hybridized carbons (Fsp3) is 0.263. The Bertz CT molecular complexity index is 937. The zero-order valence-electron chi connectivity index (χ0n) is 13.3. The van der Waals surface area contributed by atoms with Gasteiger partial charge in [0.1, 0.15) is 0 Å². The summed E-state index contributed by atoms with van der Waals surface area (Å²) in [5.41, 5.74) is 1.05. The van der Waals surface area contributed by atoms with Gasteiger partial charge in [-0.15, -0.1) is 11.3 Å². The zero-order valence-corrected chi connectivity index (χ0v) is 14.1. The molecule has 1 amide bonds. The first-order valence-electron chi connectivity index (χ1n) is 8.18. The van der Waals surface area contributed by atoms with Gasteiger partial charge in [0.05, 0.1) is 16.8 Å². The van der Waals surface area contributed by atoms with Gasteiger partial charge in [-0.1, -0.05) is 30.3 Å². The molecule has 0 atom stereocenters. The number of thiophene rings is 1. The summed E-state index contributed by atoms with van der Waals surface area (Å²) in [6.45, 7) is 2.19. The first kappa shape index (κ1) is 15.1. The normalized spacial score (nSPS) is 14.4. The molecule has 3 heterocycles. The van der Waals surface area contributed by atoms with Gasteiger partial charge in [0.2, 0.25) is 0 Å². The van der Waals surface area contributed by atoms with Crippen molar-refractivity contribution in [1.29, 1.82) is 0 Å². The van der Waals surface area contributed by atoms with Crippen LogP contribution in [0, 0.1) is 0 Å². The maximum Gasteiger partial charge on any atom is 0.263 e. The predicted molar refractivity (Wildman–Crippen MR) is 96.8 cm³/mol. The molecule has 0 spiro atoms. The molecule has 2 aromatic heterocycles. The highest BCUT2D eigenvalue weighted by Gasteiger charge is 2.22. The number of rotatable bonds is 3. The van der Waals surface area contributed by atoms with E-state index in [0.717, 1.165) is 36.2 Å². The quantitative estimate of drug-likeness (QED) is 0.735. The van der Waals surface area contributed by atoms with E-state index in [1.807, 2.05) is 47.5 Å². The highest BCUT2D eigenvalue weighted by atomic mass is 32.1. The number of hydrogen-bond acceptors (Lipinski definition) is 3. The van der Waals surface area contributed by atoms with Crippen molar-refractivity contribution in [2.75, 3.05) is 13.1 Å². The Balaban J connectivity index is 1.68. The Labute approximate surface area is 144 Å². The predicted octanol–water partition coefficient (Wildman–Crippen LogP) is 3.35. The number of carbonyl (C=O) groups is 1. The van der Waals surface area contributed by atoms with Crippen molar-refractivity contribution in [3.05, 3.63) is 69.5 Å². The summed E-state index contributed by atoms with van der Waals surface area (Å²) in [5, 5.41) is 0.640. The maximum atomic E-state index is 12.7. The lowest BCUT2D eigenvalue weighted by Gasteiger charge is -2.13. The molecular weight excluding hydrogens is 320 g/mol. The first-order chi connectivity index (χ1) is 11.7. The van der Waals surface area contributed by atoms with Crippen molar-refractivity contribution in [3.63, 3.8) is 0 Å². The molecule has 4 rings (SSSR count). The number of benzene rings is 1. The molecule has 122 valence electrons. The number of aromatic nitrogens is 1. The first-order valence-corrected chi connectivity index (χ1v) is 9.00. The minimum atomic E-state index is -0.0342. The molecule has 1 aliphatic heterocycles. The molecule has 0 unspecified atom stereocenters. The van der Waals surface area contributed by atoms with Crippen molar-refractivity contribution < 1.29 is 4.79 Å². The molecule has 4 nitrogen and oxygen atoms in total. The van der Waals surface area contributed by atoms with Crippen LogP contribution in [0.1, 0.15) is 28.1 Å². The Morgan fingerprint density at radius 3 is 2.58 bits per heavy atom. The van der Waals surface area contributed by atoms with Crippen LogP contribution < -0.4 is 5.56 Å². The topological polar surface area (TPSA) is 42.3 Å². The average molecular weight is 338 g/mol. The molecule has 0 N–H and O–H groups in total. The van der Waals surface area contributed by atoms with Gasteiger partial charge in [-0.3, -0.25) is 9.59 Å². The number of pyridine rings is 1. The number of amides is 1. The summed E-state index contributed by atoms with van der Waals surface area (Å²) >= 11 is 1.42. The fourth-order valence-electron chi connectivity index (χ4n) is 3.16. The largest absolute Gasteiger partial charge is 0.338 e. The van der Waals surface area contributed by atoms with E-state index < -0.39 is 0 Å². The van der Waals surface area contributed by atoms with E-state index in [9.17, 15) is 9.59 Å². The van der Waals surface area contributed by atoms with Crippen LogP contribution in [0.5, 0.6) is 0 Å². The standard InChI is InChI=1S/C19H18N2O2S/c22-18-15-12-17(19(23)20-9-4-5-10-20)24-16(15)8-11-21(18)13-14-6-2-1-3-7-14/h1-3,6-8,11-12H,4-5,9-10,13H2. The molecule has 0 radical (unpaired) electrons. The second kappa shape index (κ2) is 6.24. The molecular formula is C19H18N2O2S. The van der Waals surface area contributed by atoms with Crippen LogP contribution in [-0.2, 0) is 6.54 Å². The molecule has 1 aromatic carbocycles. The van der Waals surface area contributed by atoms with Crippen LogP contribution in [0.4, 0.5) is 0 Å². The van der Waals surface area contributed by atoms with Crippen molar-refractivity contribution >= 4 is 27.3 Å². The lowest BCUT2D eigenvalue weighted by atomic mass is 10.2. The summed E-state index contributed by atoms with van der Waals surface area (Å²) in [6, 6.07) is 13.6. The van der Waals surface area contributed by atoms with Gasteiger partial charge in [-0.2, -0.15) is 0 Å². The molecule has 0 saturated carbocycles. The van der Waals surface area contributed by atoms with Gasteiger partial charge >= 0.3 is 0 Å². The Morgan fingerprint density at radius 2 is 1.83 bits per heavy atom. The van der Waals surface area contributed by atoms with Crippen LogP contribution in [0.25, 0.3) is 10.1 Å². The molecule has 1 fully saturated rings. The maximum absolute atomic E-state index is 12.7. The van der Waals surface area contributed by atoms with Gasteiger partial charge in [-0.05, 0) is 30.5 Å². The average Bonchev–Trinajstić information content (AvgIpc) is 3.27. The summed E-state index contributed by atoms with van der Waals surface area (Å²) in [7, 11) is 0. The van der Waals surface area contributed by atoms with E-state index in [1.165, 1.54) is 11.3 Å². The molecule has 0 bridgehead atoms. The highest BCUT2D eigenvalue weighted by Crippen LogP contribution is 2.25. The molecule has 1 aliphatic rings. The molecule has 0 aliphatic carbocycles. The van der Waals surface area contributed by atoms with Gasteiger partial charge in [-0.25, -0.2) is 0 Å². The number of nitrogens with zero attached hydrogens (tertiary/aromatic N) is 2. The molecule has 3 aromatic rings. The number of likely N-dealkylation sites (tertiary alicyclic amines) is 1. The van der Waals surface area contributed by atoms with Crippen molar-refractivity contribution in [1.82, 2.24) is 9.47 Å². The Morgan fingerprint density at radius 1 is 1.08 bits per heavy atom. The van der Waals surface area contributed by atoms with E-state index in [-0.39, 0.29) is 11.5 Å². The van der Waals surface area contributed by atoms with Gasteiger partial charge in [0.25, 0.3) is 11.5 Å². The van der Waals surface area contributed by atoms with Crippen LogP contribution >= 0.6 is 11.3 Å². The van der Waals surface area contributed by atoms with Crippen molar-refractivity contribution in [3.8, 4) is 0 Å². The second-order valence-electron chi connectivity index (χ2n) is 6.12. The lowest BCUT2D eigenvalue weighted by Crippen LogP contribution is -2.26. The highest BCUT2D eigenvalue weighted by molar-refractivity contribution is 7.20. The van der Waals surface area contributed by atoms with Gasteiger partial charge in [0, 0.05) is 24.0 Å². The summed E-state index contributed by atoms with van der Waals surface area (Å²) in [5.74, 6) is 0.0581. The minimum Gasteiger partial charge on any atom is -0.338 e. The van der Waals surface area contributed by atoms with E-state index in [2.05, 4.69) is 0 Å². The molecule has 24 heavy (non-hydrogen) atoms. The number of hydrogen-bond donors (Lipinski definition) is 0. The van der Waals surface area contributed by atoms with E-state index in [1.54, 1.807) is 10.6 Å². The van der Waals surface area contributed by atoms with Gasteiger partial charge in [0.15, 0.2) is 0 Å². The lowest BCUT2D eigenvalue weighted by molar-refractivity contribution is 0.0797. The van der Waals surface area contributed by atoms with Crippen molar-refractivity contribution in [2.24, 2.45) is 0 Å². The second-order valence-corrected chi connectivity index (χ2v) is 7.21. The Kier molecular flexibility index (Phi) is 3.94. The minimum absolute atomic E-state index is 0.0342. The smallest absolute Gasteiger partial charge is 0.263 e. The summed E-state index contributed by atoms with van der Waals surface area (Å²) in [6.07, 6.45) is 3.96. The van der Waals surface area contributed by atoms with E-state index in [4.69, 9.17) is 0 Å². The monoisotopic (exact) mass is 338 g/mol. The molecule has 1 saturated heterocycles. The third kappa shape index (κ3) is 2.76. The summed E-state index contributed by atoms with van der Waals surface area (Å²) < 4.78 is 2.58. The van der Waals surface area contributed by atoms with E-state index >= 15 is 0 Å². The fourth-order valence-corrected chi connectivity index (χ4v) is 4.18. The SMILES string of the molecule is O=C(c1cc2c(=O)n(Cc3ccccc3)ccc2s1)N1CCCC1.